The number of halogens is 3. The predicted octanol–water partition coefficient (Wildman–Crippen LogP) is 1.17. The first kappa shape index (κ1) is 13.8. The number of carbonyl (C=O) groups excluding carboxylic acids is 1. The minimum absolute atomic E-state index is 0.103. The van der Waals surface area contributed by atoms with E-state index in [9.17, 15) is 23.1 Å². The fraction of sp³-hybridized carbons (Fsp3) is 0.417. The van der Waals surface area contributed by atoms with Crippen molar-refractivity contribution < 1.29 is 27.8 Å². The van der Waals surface area contributed by atoms with Gasteiger partial charge in [0.15, 0.2) is 17.5 Å². The molecule has 1 heterocycles. The molecular formula is C12H12F3NO3. The van der Waals surface area contributed by atoms with Crippen LogP contribution in [0.25, 0.3) is 0 Å². The van der Waals surface area contributed by atoms with Gasteiger partial charge >= 0.3 is 0 Å². The van der Waals surface area contributed by atoms with E-state index in [1.807, 2.05) is 0 Å². The molecule has 1 aliphatic heterocycles. The van der Waals surface area contributed by atoms with Gasteiger partial charge in [-0.05, 0) is 24.6 Å². The average molecular weight is 275 g/mol. The van der Waals surface area contributed by atoms with Gasteiger partial charge in [0.25, 0.3) is 5.91 Å². The van der Waals surface area contributed by atoms with Crippen molar-refractivity contribution in [3.63, 3.8) is 0 Å². The van der Waals surface area contributed by atoms with Gasteiger partial charge in [0.05, 0.1) is 6.10 Å². The molecule has 1 fully saturated rings. The number of benzene rings is 1. The third kappa shape index (κ3) is 2.87. The van der Waals surface area contributed by atoms with E-state index in [1.165, 1.54) is 4.90 Å². The van der Waals surface area contributed by atoms with Crippen LogP contribution < -0.4 is 0 Å². The Hall–Kier alpha value is -1.60. The molecule has 1 saturated heterocycles. The first-order valence-corrected chi connectivity index (χ1v) is 5.64. The Kier molecular flexibility index (Phi) is 3.77. The summed E-state index contributed by atoms with van der Waals surface area (Å²) in [5.74, 6) is -4.87. The van der Waals surface area contributed by atoms with Gasteiger partial charge in [0.1, 0.15) is 0 Å². The molecular weight excluding hydrogens is 263 g/mol. The van der Waals surface area contributed by atoms with E-state index in [0.29, 0.717) is 0 Å². The van der Waals surface area contributed by atoms with Crippen LogP contribution >= 0.6 is 0 Å². The number of amides is 1. The Morgan fingerprint density at radius 1 is 1.37 bits per heavy atom. The predicted molar refractivity (Wildman–Crippen MR) is 58.3 cm³/mol. The molecule has 2 rings (SSSR count). The smallest absolute Gasteiger partial charge is 0.279 e. The van der Waals surface area contributed by atoms with Crippen LogP contribution in [-0.2, 0) is 16.1 Å². The van der Waals surface area contributed by atoms with Gasteiger partial charge in [0.2, 0.25) is 6.29 Å². The highest BCUT2D eigenvalue weighted by Crippen LogP contribution is 2.18. The molecule has 2 atom stereocenters. The van der Waals surface area contributed by atoms with Crippen LogP contribution in [0.1, 0.15) is 12.5 Å². The molecule has 0 radical (unpaired) electrons. The Labute approximate surface area is 107 Å². The summed E-state index contributed by atoms with van der Waals surface area (Å²) in [5, 5.41) is 9.33. The average Bonchev–Trinajstić information content (AvgIpc) is 2.32. The Bertz CT molecular complexity index is 486. The van der Waals surface area contributed by atoms with Crippen LogP contribution in [0.2, 0.25) is 0 Å². The lowest BCUT2D eigenvalue weighted by atomic mass is 10.1. The normalized spacial score (nSPS) is 23.8. The molecule has 1 aromatic carbocycles. The second-order valence-electron chi connectivity index (χ2n) is 4.39. The number of ether oxygens (including phenoxy) is 1. The summed E-state index contributed by atoms with van der Waals surface area (Å²) in [4.78, 5) is 12.8. The van der Waals surface area contributed by atoms with Crippen molar-refractivity contribution in [1.29, 1.82) is 0 Å². The summed E-state index contributed by atoms with van der Waals surface area (Å²) in [6.45, 7) is 1.70. The van der Waals surface area contributed by atoms with Crippen LogP contribution in [-0.4, -0.2) is 34.9 Å². The van der Waals surface area contributed by atoms with Crippen molar-refractivity contribution in [2.45, 2.75) is 25.9 Å². The maximum Gasteiger partial charge on any atom is 0.279 e. The van der Waals surface area contributed by atoms with E-state index in [1.54, 1.807) is 6.92 Å². The summed E-state index contributed by atoms with van der Waals surface area (Å²) in [5.41, 5.74) is 0.103. The third-order valence-corrected chi connectivity index (χ3v) is 2.78. The third-order valence-electron chi connectivity index (χ3n) is 2.78. The Balaban J connectivity index is 2.18. The Morgan fingerprint density at radius 2 is 1.95 bits per heavy atom. The molecule has 0 saturated carbocycles. The van der Waals surface area contributed by atoms with Crippen molar-refractivity contribution in [3.05, 3.63) is 35.1 Å². The quantitative estimate of drug-likeness (QED) is 0.824. The van der Waals surface area contributed by atoms with Gasteiger partial charge in [-0.1, -0.05) is 0 Å². The second kappa shape index (κ2) is 5.18. The summed E-state index contributed by atoms with van der Waals surface area (Å²) in [6, 6.07) is 1.64. The first-order chi connectivity index (χ1) is 8.88. The van der Waals surface area contributed by atoms with E-state index < -0.39 is 35.8 Å². The van der Waals surface area contributed by atoms with Crippen molar-refractivity contribution in [1.82, 2.24) is 4.90 Å². The molecule has 0 aromatic heterocycles. The zero-order valence-corrected chi connectivity index (χ0v) is 10.1. The van der Waals surface area contributed by atoms with Crippen molar-refractivity contribution in [3.8, 4) is 0 Å². The zero-order chi connectivity index (χ0) is 14.2. The van der Waals surface area contributed by atoms with E-state index >= 15 is 0 Å². The van der Waals surface area contributed by atoms with Crippen molar-refractivity contribution in [2.75, 3.05) is 6.54 Å². The molecule has 4 nitrogen and oxygen atoms in total. The maximum absolute atomic E-state index is 13.1. The van der Waals surface area contributed by atoms with E-state index in [4.69, 9.17) is 4.74 Å². The van der Waals surface area contributed by atoms with Crippen molar-refractivity contribution in [2.24, 2.45) is 0 Å². The van der Waals surface area contributed by atoms with Crippen LogP contribution in [0.4, 0.5) is 13.2 Å². The highest BCUT2D eigenvalue weighted by Gasteiger charge is 2.31. The fourth-order valence-electron chi connectivity index (χ4n) is 1.94. The molecule has 1 unspecified atom stereocenters. The minimum atomic E-state index is -1.58. The highest BCUT2D eigenvalue weighted by atomic mass is 19.2. The van der Waals surface area contributed by atoms with Gasteiger partial charge in [0, 0.05) is 13.1 Å². The van der Waals surface area contributed by atoms with Gasteiger partial charge in [-0.3, -0.25) is 4.79 Å². The molecule has 104 valence electrons. The van der Waals surface area contributed by atoms with Gasteiger partial charge in [-0.25, -0.2) is 13.2 Å². The van der Waals surface area contributed by atoms with Crippen LogP contribution in [0, 0.1) is 17.5 Å². The summed E-state index contributed by atoms with van der Waals surface area (Å²) < 4.78 is 43.8. The molecule has 19 heavy (non-hydrogen) atoms. The number of rotatable bonds is 2. The summed E-state index contributed by atoms with van der Waals surface area (Å²) in [7, 11) is 0. The van der Waals surface area contributed by atoms with E-state index in [0.717, 1.165) is 12.1 Å². The lowest BCUT2D eigenvalue weighted by Gasteiger charge is -2.33. The summed E-state index contributed by atoms with van der Waals surface area (Å²) >= 11 is 0. The number of aliphatic hydroxyl groups excluding tert-OH is 1. The number of carbonyl (C=O) groups is 1. The molecule has 7 heteroatoms. The molecule has 1 amide bonds. The molecule has 0 bridgehead atoms. The maximum atomic E-state index is 13.1. The van der Waals surface area contributed by atoms with Crippen molar-refractivity contribution >= 4 is 5.91 Å². The van der Waals surface area contributed by atoms with E-state index in [-0.39, 0.29) is 18.7 Å². The second-order valence-corrected chi connectivity index (χ2v) is 4.39. The topological polar surface area (TPSA) is 49.8 Å². The van der Waals surface area contributed by atoms with Crippen LogP contribution in [0.5, 0.6) is 0 Å². The first-order valence-electron chi connectivity index (χ1n) is 5.64. The van der Waals surface area contributed by atoms with Crippen LogP contribution in [0.3, 0.4) is 0 Å². The zero-order valence-electron chi connectivity index (χ0n) is 10.1. The minimum Gasteiger partial charge on any atom is -0.360 e. The monoisotopic (exact) mass is 275 g/mol. The number of nitrogens with zero attached hydrogens (tertiary/aromatic N) is 1. The number of hydrogen-bond donors (Lipinski definition) is 1. The lowest BCUT2D eigenvalue weighted by Crippen LogP contribution is -2.50. The number of hydrogen-bond acceptors (Lipinski definition) is 3. The Morgan fingerprint density at radius 3 is 2.53 bits per heavy atom. The van der Waals surface area contributed by atoms with Gasteiger partial charge in [-0.2, -0.15) is 0 Å². The number of morpholine rings is 1. The lowest BCUT2D eigenvalue weighted by molar-refractivity contribution is -0.198. The largest absolute Gasteiger partial charge is 0.360 e. The highest BCUT2D eigenvalue weighted by molar-refractivity contribution is 5.80. The fourth-order valence-corrected chi connectivity index (χ4v) is 1.94. The molecule has 0 spiro atoms. The molecule has 0 aliphatic carbocycles. The van der Waals surface area contributed by atoms with Gasteiger partial charge < -0.3 is 14.7 Å². The number of aliphatic hydroxyl groups is 1. The van der Waals surface area contributed by atoms with E-state index in [2.05, 4.69) is 0 Å². The molecule has 1 N–H and O–H groups in total. The van der Waals surface area contributed by atoms with Gasteiger partial charge in [-0.15, -0.1) is 0 Å². The molecule has 1 aliphatic rings. The summed E-state index contributed by atoms with van der Waals surface area (Å²) in [6.07, 6.45) is -1.98. The van der Waals surface area contributed by atoms with Crippen LogP contribution in [0.15, 0.2) is 12.1 Å². The standard InChI is InChI=1S/C12H12F3NO3/c1-6-4-16(11(17)12(18)19-6)5-7-2-8(13)10(15)9(14)3-7/h2-3,6,12,18H,4-5H2,1H3/t6?,12-/m0/s1. The molecule has 1 aromatic rings. The SMILES string of the molecule is CC1CN(Cc2cc(F)c(F)c(F)c2)C(=O)[C@@H](O)O1.